The van der Waals surface area contributed by atoms with Gasteiger partial charge in [0.1, 0.15) is 24.4 Å². The third-order valence-corrected chi connectivity index (χ3v) is 2.55. The topological polar surface area (TPSA) is 163 Å². The maximum absolute atomic E-state index is 10.3. The Bertz CT molecular complexity index is 275. The fourth-order valence-electron chi connectivity index (χ4n) is 1.28. The lowest BCUT2D eigenvalue weighted by Gasteiger charge is -2.43. The summed E-state index contributed by atoms with van der Waals surface area (Å²) in [6, 6.07) is 0. The van der Waals surface area contributed by atoms with Gasteiger partial charge < -0.3 is 44.0 Å². The van der Waals surface area contributed by atoms with E-state index >= 15 is 0 Å². The van der Waals surface area contributed by atoms with Crippen molar-refractivity contribution in [2.24, 2.45) is 0 Å². The molecular formula is C6H11O9P-2. The monoisotopic (exact) mass is 258 g/mol. The molecule has 0 spiro atoms. The number of aliphatic hydroxyl groups excluding tert-OH is 4. The van der Waals surface area contributed by atoms with Gasteiger partial charge in [0, 0.05) is 0 Å². The van der Waals surface area contributed by atoms with Crippen LogP contribution < -0.4 is 9.79 Å². The number of hydrogen-bond acceptors (Lipinski definition) is 9. The normalized spacial score (nSPS) is 41.0. The second kappa shape index (κ2) is 5.05. The molecule has 1 saturated heterocycles. The molecule has 0 aromatic rings. The van der Waals surface area contributed by atoms with Crippen LogP contribution in [-0.2, 0) is 13.8 Å². The summed E-state index contributed by atoms with van der Waals surface area (Å²) >= 11 is 0. The van der Waals surface area contributed by atoms with Crippen LogP contribution in [0.5, 0.6) is 0 Å². The van der Waals surface area contributed by atoms with Gasteiger partial charge in [0.15, 0.2) is 6.29 Å². The van der Waals surface area contributed by atoms with Crippen molar-refractivity contribution in [1.82, 2.24) is 0 Å². The molecule has 0 saturated carbocycles. The second-order valence-corrected chi connectivity index (χ2v) is 4.36. The van der Waals surface area contributed by atoms with Gasteiger partial charge in [-0.15, -0.1) is 0 Å². The highest BCUT2D eigenvalue weighted by atomic mass is 31.2. The van der Waals surface area contributed by atoms with Crippen molar-refractivity contribution in [3.8, 4) is 0 Å². The predicted octanol–water partition coefficient (Wildman–Crippen LogP) is -4.37. The largest absolute Gasteiger partial charge is 0.790 e. The summed E-state index contributed by atoms with van der Waals surface area (Å²) in [6.45, 7) is -0.743. The summed E-state index contributed by atoms with van der Waals surface area (Å²) < 4.78 is 18.7. The second-order valence-electron chi connectivity index (χ2n) is 3.25. The van der Waals surface area contributed by atoms with E-state index in [-0.39, 0.29) is 0 Å². The van der Waals surface area contributed by atoms with Crippen LogP contribution in [0.25, 0.3) is 0 Å². The van der Waals surface area contributed by atoms with Gasteiger partial charge in [-0.1, -0.05) is 0 Å². The van der Waals surface area contributed by atoms with Gasteiger partial charge >= 0.3 is 0 Å². The van der Waals surface area contributed by atoms with Crippen LogP contribution in [0.3, 0.4) is 0 Å². The fraction of sp³-hybridized carbons (Fsp3) is 1.00. The van der Waals surface area contributed by atoms with Gasteiger partial charge in [0.25, 0.3) is 0 Å². The summed E-state index contributed by atoms with van der Waals surface area (Å²) in [5.74, 6) is 0. The molecule has 1 fully saturated rings. The van der Waals surface area contributed by atoms with E-state index in [0.717, 1.165) is 0 Å². The highest BCUT2D eigenvalue weighted by Gasteiger charge is 2.44. The molecule has 0 unspecified atom stereocenters. The quantitative estimate of drug-likeness (QED) is 0.366. The number of hydrogen-bond donors (Lipinski definition) is 4. The van der Waals surface area contributed by atoms with Crippen LogP contribution in [0.1, 0.15) is 0 Å². The van der Waals surface area contributed by atoms with E-state index in [1.54, 1.807) is 0 Å². The average molecular weight is 258 g/mol. The first-order valence-corrected chi connectivity index (χ1v) is 5.73. The molecule has 96 valence electrons. The molecule has 1 aliphatic rings. The molecule has 0 radical (unpaired) electrons. The zero-order chi connectivity index (χ0) is 12.5. The lowest BCUT2D eigenvalue weighted by atomic mass is 10.00. The van der Waals surface area contributed by atoms with Crippen molar-refractivity contribution in [3.05, 3.63) is 0 Å². The van der Waals surface area contributed by atoms with E-state index in [0.29, 0.717) is 0 Å². The third-order valence-electron chi connectivity index (χ3n) is 2.08. The molecular weight excluding hydrogens is 247 g/mol. The molecule has 10 heteroatoms. The van der Waals surface area contributed by atoms with Crippen molar-refractivity contribution in [2.45, 2.75) is 30.7 Å². The Balaban J connectivity index is 2.75. The molecule has 0 aromatic heterocycles. The molecule has 0 bridgehead atoms. The first kappa shape index (κ1) is 14.0. The molecule has 1 rings (SSSR count). The molecule has 5 atom stereocenters. The lowest BCUT2D eigenvalue weighted by molar-refractivity contribution is -0.368. The Kier molecular flexibility index (Phi) is 4.41. The van der Waals surface area contributed by atoms with Crippen LogP contribution in [0.15, 0.2) is 0 Å². The zero-order valence-electron chi connectivity index (χ0n) is 7.87. The minimum atomic E-state index is -5.41. The highest BCUT2D eigenvalue weighted by molar-refractivity contribution is 7.43. The number of phosphoric acid groups is 1. The maximum atomic E-state index is 10.3. The molecule has 0 aromatic carbocycles. The molecule has 0 aliphatic carbocycles. The fourth-order valence-corrected chi connectivity index (χ4v) is 1.71. The number of aliphatic hydroxyl groups is 4. The van der Waals surface area contributed by atoms with Crippen molar-refractivity contribution >= 4 is 7.82 Å². The van der Waals surface area contributed by atoms with Crippen LogP contribution >= 0.6 is 7.82 Å². The predicted molar refractivity (Wildman–Crippen MR) is 42.5 cm³/mol. The SMILES string of the molecule is O=P([O-])([O-])O[C@@H]1O[C@@H](CO)[C@@H](O)[C@@H](O)[C@@H]1O. The van der Waals surface area contributed by atoms with Gasteiger partial charge in [0.05, 0.1) is 14.4 Å². The number of ether oxygens (including phenoxy) is 1. The van der Waals surface area contributed by atoms with Crippen LogP contribution in [0, 0.1) is 0 Å². The Labute approximate surface area is 90.1 Å². The van der Waals surface area contributed by atoms with Crippen LogP contribution in [0.4, 0.5) is 0 Å². The average Bonchev–Trinajstić information content (AvgIpc) is 2.17. The molecule has 0 amide bonds. The van der Waals surface area contributed by atoms with E-state index in [4.69, 9.17) is 5.11 Å². The van der Waals surface area contributed by atoms with Crippen LogP contribution in [0.2, 0.25) is 0 Å². The first-order chi connectivity index (χ1) is 7.26. The zero-order valence-corrected chi connectivity index (χ0v) is 8.77. The van der Waals surface area contributed by atoms with E-state index in [2.05, 4.69) is 9.26 Å². The summed E-state index contributed by atoms with van der Waals surface area (Å²) in [4.78, 5) is 20.6. The van der Waals surface area contributed by atoms with Gasteiger partial charge in [-0.25, -0.2) is 0 Å². The Morgan fingerprint density at radius 3 is 2.19 bits per heavy atom. The standard InChI is InChI=1S/C6H13O9P/c7-1-2-3(8)4(9)5(10)6(14-2)15-16(11,12)13/h2-10H,1H2,(H2,11,12,13)/p-2/t2-,3+,4+,5-,6-/m0/s1. The minimum absolute atomic E-state index is 0.743. The summed E-state index contributed by atoms with van der Waals surface area (Å²) in [6.07, 6.45) is -8.61. The summed E-state index contributed by atoms with van der Waals surface area (Å²) in [5, 5.41) is 36.5. The van der Waals surface area contributed by atoms with Crippen molar-refractivity contribution < 1.29 is 44.0 Å². The van der Waals surface area contributed by atoms with E-state index < -0.39 is 45.1 Å². The Morgan fingerprint density at radius 2 is 1.75 bits per heavy atom. The van der Waals surface area contributed by atoms with E-state index in [1.165, 1.54) is 0 Å². The number of phosphoric ester groups is 1. The van der Waals surface area contributed by atoms with E-state index in [9.17, 15) is 29.7 Å². The third kappa shape index (κ3) is 3.20. The van der Waals surface area contributed by atoms with Gasteiger partial charge in [0.2, 0.25) is 0 Å². The van der Waals surface area contributed by atoms with Crippen molar-refractivity contribution in [3.63, 3.8) is 0 Å². The van der Waals surface area contributed by atoms with Gasteiger partial charge in [-0.3, -0.25) is 0 Å². The number of rotatable bonds is 3. The minimum Gasteiger partial charge on any atom is -0.790 e. The van der Waals surface area contributed by atoms with Crippen molar-refractivity contribution in [2.75, 3.05) is 6.61 Å². The maximum Gasteiger partial charge on any atom is 0.191 e. The molecule has 9 nitrogen and oxygen atoms in total. The smallest absolute Gasteiger partial charge is 0.191 e. The molecule has 4 N–H and O–H groups in total. The molecule has 1 heterocycles. The first-order valence-electron chi connectivity index (χ1n) is 4.27. The summed E-state index contributed by atoms with van der Waals surface area (Å²) in [5.41, 5.74) is 0. The van der Waals surface area contributed by atoms with Crippen molar-refractivity contribution in [1.29, 1.82) is 0 Å². The Hall–Kier alpha value is -0.0900. The van der Waals surface area contributed by atoms with Crippen LogP contribution in [-0.4, -0.2) is 57.7 Å². The Morgan fingerprint density at radius 1 is 1.19 bits per heavy atom. The molecule has 16 heavy (non-hydrogen) atoms. The molecule has 1 aliphatic heterocycles. The lowest BCUT2D eigenvalue weighted by Crippen LogP contribution is -2.59. The van der Waals surface area contributed by atoms with Gasteiger partial charge in [-0.2, -0.15) is 0 Å². The highest BCUT2D eigenvalue weighted by Crippen LogP contribution is 2.33. The van der Waals surface area contributed by atoms with Gasteiger partial charge in [-0.05, 0) is 0 Å². The summed E-state index contributed by atoms with van der Waals surface area (Å²) in [7, 11) is -5.41. The van der Waals surface area contributed by atoms with E-state index in [1.807, 2.05) is 0 Å².